The van der Waals surface area contributed by atoms with Crippen LogP contribution in [0.4, 0.5) is 5.69 Å². The van der Waals surface area contributed by atoms with E-state index in [1.54, 1.807) is 0 Å². The van der Waals surface area contributed by atoms with Crippen LogP contribution in [0.1, 0.15) is 44.7 Å². The number of hydrogen-bond donors (Lipinski definition) is 0. The topological polar surface area (TPSA) is 37.4 Å². The third-order valence-electron chi connectivity index (χ3n) is 6.11. The zero-order valence-electron chi connectivity index (χ0n) is 15.5. The molecular weight excluding hydrogens is 310 g/mol. The Kier molecular flexibility index (Phi) is 3.54. The zero-order valence-corrected chi connectivity index (χ0v) is 15.5. The molecule has 1 heterocycles. The monoisotopic (exact) mass is 335 g/mol. The summed E-state index contributed by atoms with van der Waals surface area (Å²) in [7, 11) is 0. The number of imide groups is 1. The maximum absolute atomic E-state index is 13.3. The molecule has 2 bridgehead atoms. The van der Waals surface area contributed by atoms with Crippen molar-refractivity contribution >= 4 is 17.5 Å². The van der Waals surface area contributed by atoms with Crippen LogP contribution >= 0.6 is 0 Å². The van der Waals surface area contributed by atoms with E-state index in [2.05, 4.69) is 39.8 Å². The Balaban J connectivity index is 1.83. The molecule has 2 fully saturated rings. The summed E-state index contributed by atoms with van der Waals surface area (Å²) in [5.74, 6) is 0.0164. The highest BCUT2D eigenvalue weighted by atomic mass is 16.2. The first-order valence-corrected chi connectivity index (χ1v) is 9.17. The van der Waals surface area contributed by atoms with Crippen molar-refractivity contribution in [2.45, 2.75) is 40.5 Å². The van der Waals surface area contributed by atoms with Gasteiger partial charge >= 0.3 is 0 Å². The molecule has 3 nitrogen and oxygen atoms in total. The number of aryl methyl sites for hydroxylation is 1. The van der Waals surface area contributed by atoms with Gasteiger partial charge in [0.25, 0.3) is 0 Å². The van der Waals surface area contributed by atoms with Gasteiger partial charge in [0.2, 0.25) is 11.8 Å². The average Bonchev–Trinajstić information content (AvgIpc) is 3.18. The number of allylic oxidation sites excluding steroid dienone is 4. The average molecular weight is 335 g/mol. The fourth-order valence-electron chi connectivity index (χ4n) is 5.10. The molecule has 1 saturated heterocycles. The predicted molar refractivity (Wildman–Crippen MR) is 99.2 cm³/mol. The van der Waals surface area contributed by atoms with Gasteiger partial charge in [0.05, 0.1) is 17.5 Å². The van der Waals surface area contributed by atoms with Gasteiger partial charge in [0, 0.05) is 11.8 Å². The lowest BCUT2D eigenvalue weighted by Crippen LogP contribution is -2.34. The second-order valence-corrected chi connectivity index (χ2v) is 8.12. The second-order valence-electron chi connectivity index (χ2n) is 8.12. The Morgan fingerprint density at radius 1 is 1.00 bits per heavy atom. The van der Waals surface area contributed by atoms with Gasteiger partial charge in [-0.1, -0.05) is 55.3 Å². The van der Waals surface area contributed by atoms with Crippen molar-refractivity contribution in [1.82, 2.24) is 0 Å². The van der Waals surface area contributed by atoms with Crippen molar-refractivity contribution < 1.29 is 9.59 Å². The first-order valence-electron chi connectivity index (χ1n) is 9.17. The molecule has 1 saturated carbocycles. The van der Waals surface area contributed by atoms with Crippen molar-refractivity contribution in [3.63, 3.8) is 0 Å². The predicted octanol–water partition coefficient (Wildman–Crippen LogP) is 4.38. The fraction of sp³-hybridized carbons (Fsp3) is 0.455. The number of hydrogen-bond acceptors (Lipinski definition) is 2. The SMILES string of the molecule is CC(C)=C1[C@H]2C=C[C@@H]1[C@H]1C(=O)N(c3c(C)cccc3C(C)C)C(=O)[C@H]12. The summed E-state index contributed by atoms with van der Waals surface area (Å²) in [5, 5.41) is 0. The van der Waals surface area contributed by atoms with E-state index in [1.165, 1.54) is 16.0 Å². The van der Waals surface area contributed by atoms with E-state index in [0.29, 0.717) is 0 Å². The number of para-hydroxylation sites is 1. The molecule has 0 N–H and O–H groups in total. The maximum atomic E-state index is 13.3. The number of fused-ring (bicyclic) bond motifs is 5. The van der Waals surface area contributed by atoms with Gasteiger partial charge in [-0.15, -0.1) is 0 Å². The van der Waals surface area contributed by atoms with E-state index in [1.807, 2.05) is 25.1 Å². The van der Waals surface area contributed by atoms with Gasteiger partial charge in [-0.05, 0) is 37.8 Å². The number of nitrogens with zero attached hydrogens (tertiary/aromatic N) is 1. The quantitative estimate of drug-likeness (QED) is 0.594. The maximum Gasteiger partial charge on any atom is 0.238 e. The number of carbonyl (C=O) groups is 2. The van der Waals surface area contributed by atoms with E-state index in [0.717, 1.165) is 16.8 Å². The van der Waals surface area contributed by atoms with Gasteiger partial charge in [-0.25, -0.2) is 4.90 Å². The Labute approximate surface area is 149 Å². The van der Waals surface area contributed by atoms with Crippen LogP contribution in [-0.4, -0.2) is 11.8 Å². The number of carbonyl (C=O) groups excluding carboxylic acids is 2. The van der Waals surface area contributed by atoms with Crippen molar-refractivity contribution in [2.75, 3.05) is 4.90 Å². The molecule has 3 aliphatic rings. The molecule has 3 heteroatoms. The Morgan fingerprint density at radius 3 is 2.04 bits per heavy atom. The molecule has 0 spiro atoms. The first kappa shape index (κ1) is 16.3. The van der Waals surface area contributed by atoms with Crippen LogP contribution in [0.5, 0.6) is 0 Å². The summed E-state index contributed by atoms with van der Waals surface area (Å²) in [5.41, 5.74) is 5.44. The molecule has 2 aliphatic carbocycles. The third-order valence-corrected chi connectivity index (χ3v) is 6.11. The molecule has 2 amide bonds. The molecule has 4 rings (SSSR count). The standard InChI is InChI=1S/C22H25NO2/c1-11(2)14-8-6-7-13(5)20(14)23-21(24)18-15-9-10-16(17(15)12(3)4)19(18)22(23)25/h6-11,15-16,18-19H,1-5H3/t15-,16+,18+,19-. The highest BCUT2D eigenvalue weighted by molar-refractivity contribution is 6.24. The molecule has 130 valence electrons. The zero-order chi connectivity index (χ0) is 18.0. The summed E-state index contributed by atoms with van der Waals surface area (Å²) >= 11 is 0. The summed E-state index contributed by atoms with van der Waals surface area (Å²) in [6.45, 7) is 10.4. The van der Waals surface area contributed by atoms with Gasteiger partial charge in [0.15, 0.2) is 0 Å². The minimum atomic E-state index is -0.216. The Bertz CT molecular complexity index is 808. The van der Waals surface area contributed by atoms with Crippen molar-refractivity contribution in [3.05, 3.63) is 52.6 Å². The van der Waals surface area contributed by atoms with Crippen LogP contribution < -0.4 is 4.90 Å². The van der Waals surface area contributed by atoms with Gasteiger partial charge in [-0.2, -0.15) is 0 Å². The summed E-state index contributed by atoms with van der Waals surface area (Å²) < 4.78 is 0. The minimum absolute atomic E-state index is 0.0122. The summed E-state index contributed by atoms with van der Waals surface area (Å²) in [6.07, 6.45) is 4.29. The smallest absolute Gasteiger partial charge is 0.238 e. The lowest BCUT2D eigenvalue weighted by Gasteiger charge is -2.25. The molecule has 0 aromatic heterocycles. The lowest BCUT2D eigenvalue weighted by molar-refractivity contribution is -0.123. The van der Waals surface area contributed by atoms with E-state index in [4.69, 9.17) is 0 Å². The minimum Gasteiger partial charge on any atom is -0.274 e. The number of amides is 2. The van der Waals surface area contributed by atoms with Crippen LogP contribution in [-0.2, 0) is 9.59 Å². The highest BCUT2D eigenvalue weighted by Crippen LogP contribution is 2.57. The Hall–Kier alpha value is -2.16. The highest BCUT2D eigenvalue weighted by Gasteiger charge is 2.62. The molecule has 1 aliphatic heterocycles. The van der Waals surface area contributed by atoms with Crippen molar-refractivity contribution in [2.24, 2.45) is 23.7 Å². The largest absolute Gasteiger partial charge is 0.274 e. The van der Waals surface area contributed by atoms with Crippen LogP contribution in [0.3, 0.4) is 0 Å². The number of anilines is 1. The van der Waals surface area contributed by atoms with Crippen molar-refractivity contribution in [3.8, 4) is 0 Å². The van der Waals surface area contributed by atoms with Gasteiger partial charge in [-0.3, -0.25) is 9.59 Å². The number of benzene rings is 1. The van der Waals surface area contributed by atoms with Gasteiger partial charge < -0.3 is 0 Å². The summed E-state index contributed by atoms with van der Waals surface area (Å²) in [4.78, 5) is 28.2. The van der Waals surface area contributed by atoms with Gasteiger partial charge in [0.1, 0.15) is 0 Å². The van der Waals surface area contributed by atoms with Crippen LogP contribution in [0.15, 0.2) is 41.5 Å². The molecule has 1 aromatic carbocycles. The Morgan fingerprint density at radius 2 is 1.56 bits per heavy atom. The van der Waals surface area contributed by atoms with E-state index < -0.39 is 0 Å². The first-order chi connectivity index (χ1) is 11.8. The normalized spacial score (nSPS) is 30.0. The lowest BCUT2D eigenvalue weighted by atomic mass is 9.85. The third kappa shape index (κ3) is 2.04. The van der Waals surface area contributed by atoms with Crippen LogP contribution in [0, 0.1) is 30.6 Å². The van der Waals surface area contributed by atoms with E-state index in [9.17, 15) is 9.59 Å². The summed E-state index contributed by atoms with van der Waals surface area (Å²) in [6, 6.07) is 6.03. The fourth-order valence-corrected chi connectivity index (χ4v) is 5.10. The second kappa shape index (κ2) is 5.42. The molecule has 0 unspecified atom stereocenters. The van der Waals surface area contributed by atoms with Crippen LogP contribution in [0.25, 0.3) is 0 Å². The van der Waals surface area contributed by atoms with E-state index in [-0.39, 0.29) is 41.4 Å². The van der Waals surface area contributed by atoms with E-state index >= 15 is 0 Å². The molecular formula is C22H25NO2. The molecule has 4 atom stereocenters. The molecule has 25 heavy (non-hydrogen) atoms. The number of rotatable bonds is 2. The molecule has 0 radical (unpaired) electrons. The van der Waals surface area contributed by atoms with Crippen LogP contribution in [0.2, 0.25) is 0 Å². The molecule has 1 aromatic rings. The van der Waals surface area contributed by atoms with Crippen molar-refractivity contribution in [1.29, 1.82) is 0 Å².